The summed E-state index contributed by atoms with van der Waals surface area (Å²) in [7, 11) is 3.19. The SMILES string of the molecule is CCCCNC(=O)[C@H](CC)N(Cc1cccc(OC)c1)C(=O)COc1ccc(OC)cc1. The minimum absolute atomic E-state index is 0.151. The van der Waals surface area contributed by atoms with E-state index in [0.717, 1.165) is 18.4 Å². The number of rotatable bonds is 13. The van der Waals surface area contributed by atoms with Crippen molar-refractivity contribution in [2.24, 2.45) is 0 Å². The van der Waals surface area contributed by atoms with Crippen LogP contribution in [0.3, 0.4) is 0 Å². The summed E-state index contributed by atoms with van der Waals surface area (Å²) in [6, 6.07) is 13.9. The van der Waals surface area contributed by atoms with Crippen LogP contribution in [-0.4, -0.2) is 50.1 Å². The van der Waals surface area contributed by atoms with Crippen LogP contribution in [0.2, 0.25) is 0 Å². The van der Waals surface area contributed by atoms with Crippen molar-refractivity contribution in [3.8, 4) is 17.2 Å². The van der Waals surface area contributed by atoms with Gasteiger partial charge < -0.3 is 24.4 Å². The fourth-order valence-corrected chi connectivity index (χ4v) is 3.29. The molecular formula is C25H34N2O5. The topological polar surface area (TPSA) is 77.1 Å². The van der Waals surface area contributed by atoms with E-state index in [-0.39, 0.29) is 25.0 Å². The fraction of sp³-hybridized carbons (Fsp3) is 0.440. The molecule has 0 aliphatic rings. The van der Waals surface area contributed by atoms with E-state index in [1.807, 2.05) is 31.2 Å². The van der Waals surface area contributed by atoms with E-state index in [1.54, 1.807) is 43.4 Å². The molecule has 1 atom stereocenters. The van der Waals surface area contributed by atoms with Gasteiger partial charge in [0.1, 0.15) is 23.3 Å². The van der Waals surface area contributed by atoms with Crippen LogP contribution in [0, 0.1) is 0 Å². The summed E-state index contributed by atoms with van der Waals surface area (Å²) in [5, 5.41) is 2.95. The number of hydrogen-bond acceptors (Lipinski definition) is 5. The second-order valence-corrected chi connectivity index (χ2v) is 7.41. The predicted octanol–water partition coefficient (Wildman–Crippen LogP) is 3.81. The van der Waals surface area contributed by atoms with Gasteiger partial charge in [-0.15, -0.1) is 0 Å². The van der Waals surface area contributed by atoms with Crippen molar-refractivity contribution in [2.45, 2.75) is 45.7 Å². The maximum absolute atomic E-state index is 13.2. The molecule has 0 radical (unpaired) electrons. The molecule has 0 heterocycles. The van der Waals surface area contributed by atoms with Crippen LogP contribution in [0.1, 0.15) is 38.7 Å². The van der Waals surface area contributed by atoms with Gasteiger partial charge in [-0.1, -0.05) is 32.4 Å². The molecule has 174 valence electrons. The standard InChI is InChI=1S/C25H34N2O5/c1-5-7-15-26-25(29)23(6-2)27(17-19-9-8-10-22(16-19)31-4)24(28)18-32-21-13-11-20(30-3)12-14-21/h8-14,16,23H,5-7,15,17-18H2,1-4H3,(H,26,29)/t23-/m0/s1. The molecule has 0 saturated carbocycles. The first kappa shape index (κ1) is 25.0. The zero-order valence-corrected chi connectivity index (χ0v) is 19.4. The fourth-order valence-electron chi connectivity index (χ4n) is 3.29. The lowest BCUT2D eigenvalue weighted by Crippen LogP contribution is -2.50. The van der Waals surface area contributed by atoms with Gasteiger partial charge in [0.25, 0.3) is 5.91 Å². The number of unbranched alkanes of at least 4 members (excludes halogenated alkanes) is 1. The van der Waals surface area contributed by atoms with Gasteiger partial charge in [0, 0.05) is 13.1 Å². The van der Waals surface area contributed by atoms with Crippen LogP contribution in [0.25, 0.3) is 0 Å². The zero-order chi connectivity index (χ0) is 23.3. The van der Waals surface area contributed by atoms with E-state index in [2.05, 4.69) is 12.2 Å². The number of carbonyl (C=O) groups excluding carboxylic acids is 2. The van der Waals surface area contributed by atoms with Gasteiger partial charge in [0.05, 0.1) is 14.2 Å². The highest BCUT2D eigenvalue weighted by Gasteiger charge is 2.28. The van der Waals surface area contributed by atoms with Crippen molar-refractivity contribution in [3.63, 3.8) is 0 Å². The first-order valence-corrected chi connectivity index (χ1v) is 11.0. The third-order valence-corrected chi connectivity index (χ3v) is 5.12. The maximum Gasteiger partial charge on any atom is 0.261 e. The van der Waals surface area contributed by atoms with Gasteiger partial charge in [-0.05, 0) is 54.8 Å². The summed E-state index contributed by atoms with van der Waals surface area (Å²) in [5.41, 5.74) is 0.877. The van der Waals surface area contributed by atoms with Crippen molar-refractivity contribution in [1.29, 1.82) is 0 Å². The summed E-state index contributed by atoms with van der Waals surface area (Å²) in [4.78, 5) is 27.6. The first-order valence-electron chi connectivity index (χ1n) is 11.0. The molecule has 7 heteroatoms. The molecule has 0 aromatic heterocycles. The predicted molar refractivity (Wildman–Crippen MR) is 124 cm³/mol. The van der Waals surface area contributed by atoms with E-state index in [4.69, 9.17) is 14.2 Å². The average molecular weight is 443 g/mol. The number of hydrogen-bond donors (Lipinski definition) is 1. The van der Waals surface area contributed by atoms with Crippen LogP contribution in [0.15, 0.2) is 48.5 Å². The molecule has 0 bridgehead atoms. The Hall–Kier alpha value is -3.22. The van der Waals surface area contributed by atoms with Gasteiger partial charge in [-0.2, -0.15) is 0 Å². The molecule has 32 heavy (non-hydrogen) atoms. The van der Waals surface area contributed by atoms with Gasteiger partial charge >= 0.3 is 0 Å². The highest BCUT2D eigenvalue weighted by Crippen LogP contribution is 2.19. The van der Waals surface area contributed by atoms with E-state index in [1.165, 1.54) is 0 Å². The van der Waals surface area contributed by atoms with E-state index in [9.17, 15) is 9.59 Å². The number of benzene rings is 2. The summed E-state index contributed by atoms with van der Waals surface area (Å²) in [6.45, 7) is 4.67. The molecular weight excluding hydrogens is 408 g/mol. The first-order chi connectivity index (χ1) is 15.5. The molecule has 0 spiro atoms. The van der Waals surface area contributed by atoms with Crippen LogP contribution in [-0.2, 0) is 16.1 Å². The van der Waals surface area contributed by atoms with Crippen molar-refractivity contribution >= 4 is 11.8 Å². The minimum Gasteiger partial charge on any atom is -0.497 e. The van der Waals surface area contributed by atoms with Crippen LogP contribution >= 0.6 is 0 Å². The number of carbonyl (C=O) groups is 2. The number of nitrogens with zero attached hydrogens (tertiary/aromatic N) is 1. The average Bonchev–Trinajstić information content (AvgIpc) is 2.83. The Morgan fingerprint density at radius 1 is 0.969 bits per heavy atom. The summed E-state index contributed by atoms with van der Waals surface area (Å²) in [5.74, 6) is 1.55. The van der Waals surface area contributed by atoms with E-state index < -0.39 is 6.04 Å². The summed E-state index contributed by atoms with van der Waals surface area (Å²) >= 11 is 0. The lowest BCUT2D eigenvalue weighted by atomic mass is 10.1. The monoisotopic (exact) mass is 442 g/mol. The minimum atomic E-state index is -0.593. The van der Waals surface area contributed by atoms with Crippen molar-refractivity contribution < 1.29 is 23.8 Å². The molecule has 7 nitrogen and oxygen atoms in total. The smallest absolute Gasteiger partial charge is 0.261 e. The summed E-state index contributed by atoms with van der Waals surface area (Å²) < 4.78 is 16.1. The second kappa shape index (κ2) is 13.2. The van der Waals surface area contributed by atoms with Gasteiger partial charge in [0.2, 0.25) is 5.91 Å². The third kappa shape index (κ3) is 7.48. The molecule has 1 N–H and O–H groups in total. The van der Waals surface area contributed by atoms with Gasteiger partial charge in [-0.3, -0.25) is 9.59 Å². The highest BCUT2D eigenvalue weighted by molar-refractivity contribution is 5.88. The molecule has 0 aliphatic carbocycles. The number of nitrogens with one attached hydrogen (secondary N) is 1. The molecule has 2 rings (SSSR count). The molecule has 2 amide bonds. The number of amides is 2. The second-order valence-electron chi connectivity index (χ2n) is 7.41. The number of methoxy groups -OCH3 is 2. The van der Waals surface area contributed by atoms with Gasteiger partial charge in [0.15, 0.2) is 6.61 Å². The Balaban J connectivity index is 2.17. The normalized spacial score (nSPS) is 11.4. The van der Waals surface area contributed by atoms with Crippen LogP contribution in [0.5, 0.6) is 17.2 Å². The molecule has 2 aromatic rings. The highest BCUT2D eigenvalue weighted by atomic mass is 16.5. The quantitative estimate of drug-likeness (QED) is 0.478. The Labute approximate surface area is 190 Å². The van der Waals surface area contributed by atoms with Crippen molar-refractivity contribution in [3.05, 3.63) is 54.1 Å². The lowest BCUT2D eigenvalue weighted by molar-refractivity contribution is -0.143. The Kier molecular flexibility index (Phi) is 10.4. The third-order valence-electron chi connectivity index (χ3n) is 5.12. The van der Waals surface area contributed by atoms with E-state index in [0.29, 0.717) is 30.2 Å². The largest absolute Gasteiger partial charge is 0.497 e. The molecule has 0 aliphatic heterocycles. The molecule has 0 unspecified atom stereocenters. The molecule has 2 aromatic carbocycles. The van der Waals surface area contributed by atoms with Crippen molar-refractivity contribution in [2.75, 3.05) is 27.4 Å². The Morgan fingerprint density at radius 3 is 2.28 bits per heavy atom. The van der Waals surface area contributed by atoms with Crippen LogP contribution in [0.4, 0.5) is 0 Å². The molecule has 0 fully saturated rings. The molecule has 0 saturated heterocycles. The van der Waals surface area contributed by atoms with Crippen molar-refractivity contribution in [1.82, 2.24) is 10.2 Å². The van der Waals surface area contributed by atoms with E-state index >= 15 is 0 Å². The summed E-state index contributed by atoms with van der Waals surface area (Å²) in [6.07, 6.45) is 2.38. The Bertz CT molecular complexity index is 854. The maximum atomic E-state index is 13.2. The zero-order valence-electron chi connectivity index (χ0n) is 19.4. The number of ether oxygens (including phenoxy) is 3. The van der Waals surface area contributed by atoms with Gasteiger partial charge in [-0.25, -0.2) is 0 Å². The van der Waals surface area contributed by atoms with Crippen LogP contribution < -0.4 is 19.5 Å². The lowest BCUT2D eigenvalue weighted by Gasteiger charge is -2.30. The Morgan fingerprint density at radius 2 is 1.66 bits per heavy atom.